The molecule has 3 N–H and O–H groups in total. The second-order valence-corrected chi connectivity index (χ2v) is 7.63. The number of hydrogen-bond acceptors (Lipinski definition) is 6. The Morgan fingerprint density at radius 1 is 1.12 bits per heavy atom. The minimum Gasteiger partial charge on any atom is -0.368 e. The van der Waals surface area contributed by atoms with Crippen molar-refractivity contribution in [2.24, 2.45) is 5.73 Å². The number of carbonyl (C=O) groups is 1. The molecule has 1 aliphatic rings. The van der Waals surface area contributed by atoms with E-state index in [4.69, 9.17) is 5.73 Å². The molecule has 0 aliphatic carbocycles. The zero-order valence-corrected chi connectivity index (χ0v) is 17.2. The van der Waals surface area contributed by atoms with Gasteiger partial charge in [0, 0.05) is 24.6 Å². The molecule has 3 heterocycles. The molecule has 1 atom stereocenters. The zero-order valence-electron chi connectivity index (χ0n) is 17.2. The third-order valence-electron chi connectivity index (χ3n) is 5.23. The fourth-order valence-corrected chi connectivity index (χ4v) is 3.82. The second kappa shape index (κ2) is 8.45. The molecule has 1 aromatic carbocycles. The summed E-state index contributed by atoms with van der Waals surface area (Å²) in [5.41, 5.74) is 7.63. The highest BCUT2D eigenvalue weighted by atomic mass is 19.4. The summed E-state index contributed by atoms with van der Waals surface area (Å²) in [7, 11) is 0. The number of pyridine rings is 1. The first-order valence-corrected chi connectivity index (χ1v) is 10.0. The van der Waals surface area contributed by atoms with E-state index < -0.39 is 11.9 Å². The number of primary amides is 1. The van der Waals surface area contributed by atoms with Gasteiger partial charge in [-0.2, -0.15) is 13.2 Å². The Hall–Kier alpha value is -3.69. The molecule has 1 saturated heterocycles. The number of aromatic nitrogens is 3. The number of hydrogen-bond donors (Lipinski definition) is 2. The highest BCUT2D eigenvalue weighted by Crippen LogP contribution is 2.31. The van der Waals surface area contributed by atoms with Crippen molar-refractivity contribution in [1.82, 2.24) is 15.0 Å². The van der Waals surface area contributed by atoms with Crippen LogP contribution in [0.15, 0.2) is 48.8 Å². The van der Waals surface area contributed by atoms with E-state index in [1.54, 1.807) is 18.3 Å². The van der Waals surface area contributed by atoms with E-state index in [0.29, 0.717) is 24.5 Å². The number of aryl methyl sites for hydroxylation is 1. The van der Waals surface area contributed by atoms with Gasteiger partial charge in [0.05, 0.1) is 0 Å². The van der Waals surface area contributed by atoms with Crippen molar-refractivity contribution < 1.29 is 18.0 Å². The fourth-order valence-electron chi connectivity index (χ4n) is 3.82. The summed E-state index contributed by atoms with van der Waals surface area (Å²) >= 11 is 0. The van der Waals surface area contributed by atoms with Crippen LogP contribution in [0.1, 0.15) is 24.1 Å². The molecular formula is C22H21F3N6O. The molecule has 1 amide bonds. The van der Waals surface area contributed by atoms with Gasteiger partial charge in [0.1, 0.15) is 17.6 Å². The third-order valence-corrected chi connectivity index (χ3v) is 5.23. The summed E-state index contributed by atoms with van der Waals surface area (Å²) in [5.74, 6) is 0.131. The van der Waals surface area contributed by atoms with Gasteiger partial charge < -0.3 is 16.0 Å². The summed E-state index contributed by atoms with van der Waals surface area (Å²) in [4.78, 5) is 25.5. The number of halogens is 3. The standard InChI is InChI=1S/C22H21F3N6O/c1-13-9-15(11-16(10-13)29-21-28-7-5-18(30-21)22(23,24)25)14-4-6-27-19(12-14)31-8-2-3-17(31)20(26)32/h4-7,9-12,17H,2-3,8H2,1H3,(H2,26,32)(H,28,29,30). The number of nitrogens with one attached hydrogen (secondary N) is 1. The van der Waals surface area contributed by atoms with E-state index in [1.165, 1.54) is 0 Å². The van der Waals surface area contributed by atoms with Crippen molar-refractivity contribution in [3.63, 3.8) is 0 Å². The number of anilines is 3. The predicted octanol–water partition coefficient (Wildman–Crippen LogP) is 4.06. The number of alkyl halides is 3. The first kappa shape index (κ1) is 21.5. The van der Waals surface area contributed by atoms with Gasteiger partial charge in [-0.15, -0.1) is 0 Å². The first-order chi connectivity index (χ1) is 15.2. The van der Waals surface area contributed by atoms with Gasteiger partial charge in [-0.1, -0.05) is 6.07 Å². The number of nitrogens with two attached hydrogens (primary N) is 1. The normalized spacial score (nSPS) is 16.2. The van der Waals surface area contributed by atoms with Crippen molar-refractivity contribution in [3.8, 4) is 11.1 Å². The van der Waals surface area contributed by atoms with Crippen LogP contribution in [0.3, 0.4) is 0 Å². The number of benzene rings is 1. The lowest BCUT2D eigenvalue weighted by atomic mass is 10.0. The molecule has 0 radical (unpaired) electrons. The molecule has 4 rings (SSSR count). The maximum atomic E-state index is 12.9. The number of nitrogens with zero attached hydrogens (tertiary/aromatic N) is 4. The Morgan fingerprint density at radius 2 is 1.91 bits per heavy atom. The summed E-state index contributed by atoms with van der Waals surface area (Å²) in [5, 5.41) is 2.85. The SMILES string of the molecule is Cc1cc(Nc2nccc(C(F)(F)F)n2)cc(-c2ccnc(N3CCCC3C(N)=O)c2)c1. The van der Waals surface area contributed by atoms with Gasteiger partial charge in [-0.05, 0) is 66.8 Å². The van der Waals surface area contributed by atoms with Crippen LogP contribution in [-0.2, 0) is 11.0 Å². The van der Waals surface area contributed by atoms with Crippen LogP contribution in [0.2, 0.25) is 0 Å². The fraction of sp³-hybridized carbons (Fsp3) is 0.273. The average molecular weight is 442 g/mol. The molecular weight excluding hydrogens is 421 g/mol. The van der Waals surface area contributed by atoms with Crippen LogP contribution in [0, 0.1) is 6.92 Å². The minimum absolute atomic E-state index is 0.145. The van der Waals surface area contributed by atoms with Crippen molar-refractivity contribution in [2.45, 2.75) is 32.0 Å². The second-order valence-electron chi connectivity index (χ2n) is 7.63. The topological polar surface area (TPSA) is 97.0 Å². The van der Waals surface area contributed by atoms with Crippen LogP contribution in [0.4, 0.5) is 30.6 Å². The molecule has 7 nitrogen and oxygen atoms in total. The van der Waals surface area contributed by atoms with E-state index in [9.17, 15) is 18.0 Å². The van der Waals surface area contributed by atoms with E-state index in [-0.39, 0.29) is 17.9 Å². The first-order valence-electron chi connectivity index (χ1n) is 10.0. The van der Waals surface area contributed by atoms with Gasteiger partial charge in [0.25, 0.3) is 0 Å². The summed E-state index contributed by atoms with van der Waals surface area (Å²) in [6, 6.07) is 9.68. The summed E-state index contributed by atoms with van der Waals surface area (Å²) in [6.07, 6.45) is -0.281. The maximum absolute atomic E-state index is 12.9. The predicted molar refractivity (Wildman–Crippen MR) is 114 cm³/mol. The molecule has 32 heavy (non-hydrogen) atoms. The maximum Gasteiger partial charge on any atom is 0.433 e. The molecule has 0 spiro atoms. The Labute approximate surface area is 182 Å². The van der Waals surface area contributed by atoms with Gasteiger partial charge in [-0.3, -0.25) is 4.79 Å². The molecule has 1 aliphatic heterocycles. The lowest BCUT2D eigenvalue weighted by molar-refractivity contribution is -0.141. The van der Waals surface area contributed by atoms with Crippen LogP contribution in [0.25, 0.3) is 11.1 Å². The van der Waals surface area contributed by atoms with Crippen LogP contribution in [0.5, 0.6) is 0 Å². The zero-order chi connectivity index (χ0) is 22.9. The largest absolute Gasteiger partial charge is 0.433 e. The van der Waals surface area contributed by atoms with Gasteiger partial charge in [0.2, 0.25) is 11.9 Å². The third kappa shape index (κ3) is 4.63. The van der Waals surface area contributed by atoms with Gasteiger partial charge in [0.15, 0.2) is 0 Å². The van der Waals surface area contributed by atoms with Crippen molar-refractivity contribution >= 4 is 23.4 Å². The number of amides is 1. The highest BCUT2D eigenvalue weighted by Gasteiger charge is 2.33. The lowest BCUT2D eigenvalue weighted by Gasteiger charge is -2.23. The number of carbonyl (C=O) groups excluding carboxylic acids is 1. The molecule has 0 bridgehead atoms. The quantitative estimate of drug-likeness (QED) is 0.619. The van der Waals surface area contributed by atoms with E-state index in [1.807, 2.05) is 30.0 Å². The summed E-state index contributed by atoms with van der Waals surface area (Å²) < 4.78 is 38.8. The average Bonchev–Trinajstić information content (AvgIpc) is 3.23. The Kier molecular flexibility index (Phi) is 5.68. The van der Waals surface area contributed by atoms with Crippen LogP contribution in [-0.4, -0.2) is 33.4 Å². The molecule has 0 saturated carbocycles. The smallest absolute Gasteiger partial charge is 0.368 e. The van der Waals surface area contributed by atoms with E-state index in [2.05, 4.69) is 20.3 Å². The van der Waals surface area contributed by atoms with Gasteiger partial charge >= 0.3 is 6.18 Å². The Bertz CT molecular complexity index is 1150. The Balaban J connectivity index is 1.63. The van der Waals surface area contributed by atoms with Crippen molar-refractivity contribution in [1.29, 1.82) is 0 Å². The summed E-state index contributed by atoms with van der Waals surface area (Å²) in [6.45, 7) is 2.57. The van der Waals surface area contributed by atoms with Crippen molar-refractivity contribution in [3.05, 3.63) is 60.0 Å². The monoisotopic (exact) mass is 442 g/mol. The molecule has 1 unspecified atom stereocenters. The van der Waals surface area contributed by atoms with E-state index >= 15 is 0 Å². The lowest BCUT2D eigenvalue weighted by Crippen LogP contribution is -2.40. The van der Waals surface area contributed by atoms with Crippen LogP contribution < -0.4 is 16.0 Å². The molecule has 2 aromatic heterocycles. The highest BCUT2D eigenvalue weighted by molar-refractivity contribution is 5.84. The molecule has 1 fully saturated rings. The molecule has 166 valence electrons. The number of rotatable bonds is 5. The van der Waals surface area contributed by atoms with Crippen molar-refractivity contribution in [2.75, 3.05) is 16.8 Å². The van der Waals surface area contributed by atoms with Crippen LogP contribution >= 0.6 is 0 Å². The Morgan fingerprint density at radius 3 is 2.66 bits per heavy atom. The molecule has 10 heteroatoms. The van der Waals surface area contributed by atoms with Gasteiger partial charge in [-0.25, -0.2) is 15.0 Å². The van der Waals surface area contributed by atoms with E-state index in [0.717, 1.165) is 35.4 Å². The minimum atomic E-state index is -4.55. The molecule has 3 aromatic rings.